The van der Waals surface area contributed by atoms with Crippen LogP contribution in [0.3, 0.4) is 0 Å². The van der Waals surface area contributed by atoms with Gasteiger partial charge >= 0.3 is 16.0 Å². The van der Waals surface area contributed by atoms with Crippen LogP contribution in [0.2, 0.25) is 0 Å². The van der Waals surface area contributed by atoms with Gasteiger partial charge in [0.15, 0.2) is 0 Å². The molecule has 12 heavy (non-hydrogen) atoms. The Kier molecular flexibility index (Phi) is 10.8. The lowest BCUT2D eigenvalue weighted by Gasteiger charge is -1.93. The van der Waals surface area contributed by atoms with Crippen LogP contribution < -0.4 is 0 Å². The van der Waals surface area contributed by atoms with E-state index in [0.29, 0.717) is 0 Å². The van der Waals surface area contributed by atoms with Crippen LogP contribution in [0, 0.1) is 6.92 Å². The van der Waals surface area contributed by atoms with Crippen molar-refractivity contribution in [1.29, 1.82) is 0 Å². The number of halogens is 2. The summed E-state index contributed by atoms with van der Waals surface area (Å²) in [5, 5.41) is 0. The standard InChI is InChI=1S/C9H11.2BrH.Mg/c1-2-6-9-7-4-3-5-8-9;;;/h3-5,7-8H,1-2,6H2;2*1H;/q;;;+2/p-2. The highest BCUT2D eigenvalue weighted by molar-refractivity contribution is 9.47. The second-order valence-electron chi connectivity index (χ2n) is 2.19. The van der Waals surface area contributed by atoms with Crippen molar-refractivity contribution >= 4 is 41.8 Å². The monoisotopic (exact) mass is 301 g/mol. The van der Waals surface area contributed by atoms with Gasteiger partial charge in [0, 0.05) is 0 Å². The number of aryl methyl sites for hydroxylation is 1. The van der Waals surface area contributed by atoms with Gasteiger partial charge in [-0.1, -0.05) is 37.3 Å². The molecular formula is C9H11Br2Mg. The molecule has 0 bridgehead atoms. The lowest BCUT2D eigenvalue weighted by atomic mass is 10.1. The lowest BCUT2D eigenvalue weighted by Crippen LogP contribution is -1.79. The fourth-order valence-electron chi connectivity index (χ4n) is 0.849. The molecule has 0 saturated carbocycles. The van der Waals surface area contributed by atoms with E-state index in [-0.39, 0.29) is 16.0 Å². The summed E-state index contributed by atoms with van der Waals surface area (Å²) < 4.78 is 0. The van der Waals surface area contributed by atoms with E-state index < -0.39 is 0 Å². The smallest absolute Gasteiger partial charge is 0.280 e. The zero-order valence-electron chi connectivity index (χ0n) is 6.97. The zero-order valence-corrected chi connectivity index (χ0v) is 11.6. The molecule has 0 aromatic heterocycles. The first kappa shape index (κ1) is 12.9. The van der Waals surface area contributed by atoms with E-state index in [0.717, 1.165) is 12.8 Å². The van der Waals surface area contributed by atoms with Crippen LogP contribution in [-0.2, 0) is 6.42 Å². The summed E-state index contributed by atoms with van der Waals surface area (Å²) in [4.78, 5) is 0. The van der Waals surface area contributed by atoms with Crippen molar-refractivity contribution in [2.24, 2.45) is 0 Å². The van der Waals surface area contributed by atoms with Gasteiger partial charge in [0.25, 0.3) is 0 Å². The average molecular weight is 303 g/mol. The molecule has 0 nitrogen and oxygen atoms in total. The molecule has 0 aliphatic heterocycles. The molecule has 0 atom stereocenters. The van der Waals surface area contributed by atoms with Crippen LogP contribution in [0.15, 0.2) is 30.3 Å². The maximum absolute atomic E-state index is 3.78. The summed E-state index contributed by atoms with van der Waals surface area (Å²) in [7, 11) is 0. The Labute approximate surface area is 96.6 Å². The van der Waals surface area contributed by atoms with Crippen molar-refractivity contribution in [3.63, 3.8) is 0 Å². The van der Waals surface area contributed by atoms with Gasteiger partial charge < -0.3 is 0 Å². The van der Waals surface area contributed by atoms with E-state index in [9.17, 15) is 0 Å². The van der Waals surface area contributed by atoms with E-state index >= 15 is 0 Å². The molecule has 0 saturated heterocycles. The van der Waals surface area contributed by atoms with Gasteiger partial charge in [-0.2, -0.15) is 0 Å². The maximum Gasteiger partial charge on any atom is 0.560 e. The van der Waals surface area contributed by atoms with E-state index in [4.69, 9.17) is 0 Å². The van der Waals surface area contributed by atoms with Crippen LogP contribution in [0.5, 0.6) is 0 Å². The van der Waals surface area contributed by atoms with Gasteiger partial charge in [0.05, 0.1) is 0 Å². The van der Waals surface area contributed by atoms with Gasteiger partial charge in [0.1, 0.15) is 0 Å². The highest BCUT2D eigenvalue weighted by atomic mass is 79.9. The van der Waals surface area contributed by atoms with Gasteiger partial charge in [-0.15, -0.1) is 0 Å². The first-order chi connectivity index (χ1) is 5.85. The highest BCUT2D eigenvalue weighted by Gasteiger charge is 1.84. The molecule has 3 heteroatoms. The van der Waals surface area contributed by atoms with Crippen molar-refractivity contribution < 1.29 is 0 Å². The fraction of sp³-hybridized carbons (Fsp3) is 0.222. The fourth-order valence-corrected chi connectivity index (χ4v) is 0.849. The minimum atomic E-state index is 0.0417. The van der Waals surface area contributed by atoms with Crippen molar-refractivity contribution in [2.45, 2.75) is 12.8 Å². The zero-order chi connectivity index (χ0) is 9.23. The van der Waals surface area contributed by atoms with Crippen molar-refractivity contribution in [3.8, 4) is 0 Å². The molecule has 1 aromatic carbocycles. The molecular weight excluding hydrogens is 292 g/mol. The van der Waals surface area contributed by atoms with Crippen molar-refractivity contribution in [1.82, 2.24) is 0 Å². The summed E-state index contributed by atoms with van der Waals surface area (Å²) in [6.07, 6.45) is 2.09. The third-order valence-electron chi connectivity index (χ3n) is 1.31. The number of rotatable bonds is 2. The molecule has 0 aliphatic rings. The summed E-state index contributed by atoms with van der Waals surface area (Å²) in [6.45, 7) is 3.78. The summed E-state index contributed by atoms with van der Waals surface area (Å²) in [5.41, 5.74) is 1.38. The molecule has 0 N–H and O–H groups in total. The molecule has 63 valence electrons. The van der Waals surface area contributed by atoms with Crippen LogP contribution in [-0.4, -0.2) is 16.0 Å². The Bertz CT molecular complexity index is 177. The second-order valence-corrected chi connectivity index (χ2v) is 10.3. The van der Waals surface area contributed by atoms with E-state index in [1.165, 1.54) is 5.56 Å². The maximum atomic E-state index is 3.78. The Morgan fingerprint density at radius 1 is 1.17 bits per heavy atom. The van der Waals surface area contributed by atoms with E-state index in [1.54, 1.807) is 0 Å². The third-order valence-corrected chi connectivity index (χ3v) is 1.31. The van der Waals surface area contributed by atoms with Gasteiger partial charge in [0.2, 0.25) is 0 Å². The molecule has 0 heterocycles. The molecule has 1 radical (unpaired) electrons. The molecule has 0 fully saturated rings. The van der Waals surface area contributed by atoms with Crippen LogP contribution >= 0.6 is 25.8 Å². The number of hydrogen-bond donors (Lipinski definition) is 0. The van der Waals surface area contributed by atoms with Gasteiger partial charge in [-0.05, 0) is 18.4 Å². The Morgan fingerprint density at radius 3 is 2.08 bits per heavy atom. The third kappa shape index (κ3) is 7.59. The Hall–Kier alpha value is 0.946. The first-order valence-corrected chi connectivity index (χ1v) is 11.6. The van der Waals surface area contributed by atoms with Crippen molar-refractivity contribution in [2.75, 3.05) is 0 Å². The topological polar surface area (TPSA) is 0 Å². The average Bonchev–Trinajstić information content (AvgIpc) is 2.08. The molecule has 0 spiro atoms. The van der Waals surface area contributed by atoms with Crippen LogP contribution in [0.4, 0.5) is 0 Å². The largest absolute Gasteiger partial charge is 0.560 e. The summed E-state index contributed by atoms with van der Waals surface area (Å²) in [5.74, 6) is 0. The quantitative estimate of drug-likeness (QED) is 0.730. The van der Waals surface area contributed by atoms with Gasteiger partial charge in [-0.25, -0.2) is 0 Å². The van der Waals surface area contributed by atoms with E-state index in [1.807, 2.05) is 6.07 Å². The van der Waals surface area contributed by atoms with Crippen molar-refractivity contribution in [3.05, 3.63) is 42.8 Å². The molecule has 1 aromatic rings. The van der Waals surface area contributed by atoms with Crippen LogP contribution in [0.25, 0.3) is 0 Å². The van der Waals surface area contributed by atoms with Crippen LogP contribution in [0.1, 0.15) is 12.0 Å². The Balaban J connectivity index is 0.000000354. The van der Waals surface area contributed by atoms with E-state index in [2.05, 4.69) is 57.0 Å². The molecule has 1 rings (SSSR count). The predicted octanol–water partition coefficient (Wildman–Crippen LogP) is 3.76. The second kappa shape index (κ2) is 10.0. The molecule has 0 amide bonds. The SMILES string of the molecule is [Br][Mg][Br].[CH2]CCc1ccccc1. The minimum absolute atomic E-state index is 0.0417. The minimum Gasteiger partial charge on any atom is -0.280 e. The molecule has 0 unspecified atom stereocenters. The Morgan fingerprint density at radius 2 is 1.67 bits per heavy atom. The first-order valence-electron chi connectivity index (χ1n) is 3.80. The number of hydrogen-bond acceptors (Lipinski definition) is 0. The number of benzene rings is 1. The predicted molar refractivity (Wildman–Crippen MR) is 63.7 cm³/mol. The highest BCUT2D eigenvalue weighted by Crippen LogP contribution is 2.00. The normalized spacial score (nSPS) is 7.92. The summed E-state index contributed by atoms with van der Waals surface area (Å²) >= 11 is 6.44. The van der Waals surface area contributed by atoms with Gasteiger partial charge in [-0.3, -0.25) is 25.8 Å². The summed E-state index contributed by atoms with van der Waals surface area (Å²) in [6, 6.07) is 10.4. The lowest BCUT2D eigenvalue weighted by molar-refractivity contribution is 1.000. The molecule has 0 aliphatic carbocycles.